The van der Waals surface area contributed by atoms with Crippen LogP contribution in [-0.4, -0.2) is 22.7 Å². The number of thioether (sulfide) groups is 1. The van der Waals surface area contributed by atoms with Gasteiger partial charge in [0, 0.05) is 11.4 Å². The first kappa shape index (κ1) is 16.1. The molecule has 0 spiro atoms. The van der Waals surface area contributed by atoms with E-state index in [-0.39, 0.29) is 17.2 Å². The van der Waals surface area contributed by atoms with Crippen LogP contribution in [0.2, 0.25) is 0 Å². The van der Waals surface area contributed by atoms with Gasteiger partial charge in [0.15, 0.2) is 0 Å². The molecule has 2 aromatic carbocycles. The van der Waals surface area contributed by atoms with Gasteiger partial charge in [-0.3, -0.25) is 4.79 Å². The highest BCUT2D eigenvalue weighted by Gasteiger charge is 2.10. The predicted molar refractivity (Wildman–Crippen MR) is 89.4 cm³/mol. The quantitative estimate of drug-likeness (QED) is 0.855. The fraction of sp³-hybridized carbons (Fsp3) is 0.176. The molecule has 1 amide bonds. The zero-order valence-corrected chi connectivity index (χ0v) is 13.0. The van der Waals surface area contributed by atoms with Crippen molar-refractivity contribution in [2.24, 2.45) is 0 Å². The van der Waals surface area contributed by atoms with Gasteiger partial charge in [0.25, 0.3) is 0 Å². The van der Waals surface area contributed by atoms with Crippen LogP contribution in [0.25, 0.3) is 0 Å². The number of hydrogen-bond acceptors (Lipinski definition) is 3. The van der Waals surface area contributed by atoms with Gasteiger partial charge in [0.1, 0.15) is 0 Å². The lowest BCUT2D eigenvalue weighted by Crippen LogP contribution is -2.14. The van der Waals surface area contributed by atoms with Crippen LogP contribution in [0.3, 0.4) is 0 Å². The van der Waals surface area contributed by atoms with E-state index in [0.717, 1.165) is 16.8 Å². The lowest BCUT2D eigenvalue weighted by molar-refractivity contribution is -0.113. The molecule has 4 nitrogen and oxygen atoms in total. The first-order valence-corrected chi connectivity index (χ1v) is 7.97. The van der Waals surface area contributed by atoms with E-state index in [1.165, 1.54) is 11.8 Å². The van der Waals surface area contributed by atoms with Crippen molar-refractivity contribution in [3.8, 4) is 0 Å². The molecule has 0 aliphatic rings. The molecule has 22 heavy (non-hydrogen) atoms. The number of anilines is 1. The average molecular weight is 315 g/mol. The molecular weight excluding hydrogens is 298 g/mol. The number of hydrogen-bond donors (Lipinski definition) is 2. The average Bonchev–Trinajstić information content (AvgIpc) is 2.47. The molecule has 0 saturated carbocycles. The van der Waals surface area contributed by atoms with Gasteiger partial charge in [-0.25, -0.2) is 4.79 Å². The molecule has 0 unspecified atom stereocenters. The summed E-state index contributed by atoms with van der Waals surface area (Å²) in [5.41, 5.74) is 2.87. The SMILES string of the molecule is Cc1cccc(NC(=O)CSCc2ccccc2C(=O)O)c1. The Kier molecular flexibility index (Phi) is 5.61. The van der Waals surface area contributed by atoms with Crippen molar-refractivity contribution in [3.05, 3.63) is 65.2 Å². The second kappa shape index (κ2) is 7.66. The Morgan fingerprint density at radius 3 is 2.64 bits per heavy atom. The Bertz CT molecular complexity index is 685. The molecule has 0 radical (unpaired) electrons. The van der Waals surface area contributed by atoms with Crippen LogP contribution in [0, 0.1) is 6.92 Å². The Balaban J connectivity index is 1.86. The number of rotatable bonds is 6. The number of carboxylic acid groups (broad SMARTS) is 1. The molecule has 2 N–H and O–H groups in total. The zero-order chi connectivity index (χ0) is 15.9. The summed E-state index contributed by atoms with van der Waals surface area (Å²) in [6, 6.07) is 14.4. The van der Waals surface area contributed by atoms with Crippen LogP contribution in [0.15, 0.2) is 48.5 Å². The topological polar surface area (TPSA) is 66.4 Å². The first-order valence-electron chi connectivity index (χ1n) is 6.82. The minimum absolute atomic E-state index is 0.0941. The van der Waals surface area contributed by atoms with Crippen LogP contribution < -0.4 is 5.32 Å². The van der Waals surface area contributed by atoms with Gasteiger partial charge >= 0.3 is 5.97 Å². The molecule has 0 atom stereocenters. The lowest BCUT2D eigenvalue weighted by Gasteiger charge is -2.07. The summed E-state index contributed by atoms with van der Waals surface area (Å²) >= 11 is 1.39. The molecule has 0 saturated heterocycles. The first-order chi connectivity index (χ1) is 10.6. The maximum atomic E-state index is 11.9. The molecule has 0 aliphatic heterocycles. The van der Waals surface area contributed by atoms with Gasteiger partial charge in [-0.05, 0) is 36.2 Å². The summed E-state index contributed by atoms with van der Waals surface area (Å²) < 4.78 is 0. The molecule has 0 bridgehead atoms. The predicted octanol–water partition coefficient (Wildman–Crippen LogP) is 3.57. The van der Waals surface area contributed by atoms with Crippen LogP contribution in [0.5, 0.6) is 0 Å². The minimum Gasteiger partial charge on any atom is -0.478 e. The Hall–Kier alpha value is -2.27. The molecule has 114 valence electrons. The van der Waals surface area contributed by atoms with Gasteiger partial charge in [-0.1, -0.05) is 30.3 Å². The number of carbonyl (C=O) groups is 2. The third kappa shape index (κ3) is 4.63. The number of carbonyl (C=O) groups excluding carboxylic acids is 1. The van der Waals surface area contributed by atoms with E-state index in [9.17, 15) is 9.59 Å². The maximum absolute atomic E-state index is 11.9. The fourth-order valence-corrected chi connectivity index (χ4v) is 2.86. The smallest absolute Gasteiger partial charge is 0.335 e. The van der Waals surface area contributed by atoms with Gasteiger partial charge in [0.05, 0.1) is 11.3 Å². The second-order valence-corrected chi connectivity index (χ2v) is 5.86. The van der Waals surface area contributed by atoms with E-state index in [1.54, 1.807) is 24.3 Å². The van der Waals surface area contributed by atoms with Gasteiger partial charge in [0.2, 0.25) is 5.91 Å². The monoisotopic (exact) mass is 315 g/mol. The number of aryl methyl sites for hydroxylation is 1. The van der Waals surface area contributed by atoms with Crippen molar-refractivity contribution in [1.29, 1.82) is 0 Å². The Morgan fingerprint density at radius 1 is 1.14 bits per heavy atom. The molecule has 0 fully saturated rings. The Labute approximate surface area is 133 Å². The third-order valence-electron chi connectivity index (χ3n) is 3.04. The molecule has 0 aromatic heterocycles. The highest BCUT2D eigenvalue weighted by atomic mass is 32.2. The van der Waals surface area contributed by atoms with Crippen molar-refractivity contribution in [2.45, 2.75) is 12.7 Å². The minimum atomic E-state index is -0.944. The number of amides is 1. The maximum Gasteiger partial charge on any atom is 0.335 e. The largest absolute Gasteiger partial charge is 0.478 e. The summed E-state index contributed by atoms with van der Waals surface area (Å²) in [7, 11) is 0. The fourth-order valence-electron chi connectivity index (χ4n) is 2.03. The van der Waals surface area contributed by atoms with Crippen molar-refractivity contribution in [1.82, 2.24) is 0 Å². The van der Waals surface area contributed by atoms with Crippen molar-refractivity contribution < 1.29 is 14.7 Å². The van der Waals surface area contributed by atoms with E-state index in [1.807, 2.05) is 31.2 Å². The summed E-state index contributed by atoms with van der Waals surface area (Å²) in [5.74, 6) is -0.269. The highest BCUT2D eigenvalue weighted by molar-refractivity contribution is 7.99. The number of aromatic carboxylic acids is 1. The van der Waals surface area contributed by atoms with Crippen LogP contribution >= 0.6 is 11.8 Å². The van der Waals surface area contributed by atoms with Gasteiger partial charge in [-0.15, -0.1) is 11.8 Å². The van der Waals surface area contributed by atoms with Crippen molar-refractivity contribution >= 4 is 29.3 Å². The molecule has 0 aliphatic carbocycles. The summed E-state index contributed by atoms with van der Waals surface area (Å²) in [6.07, 6.45) is 0. The van der Waals surface area contributed by atoms with Gasteiger partial charge in [-0.2, -0.15) is 0 Å². The summed E-state index contributed by atoms with van der Waals surface area (Å²) in [4.78, 5) is 23.0. The molecule has 2 aromatic rings. The zero-order valence-electron chi connectivity index (χ0n) is 12.2. The standard InChI is InChI=1S/C17H17NO3S/c1-12-5-4-7-14(9-12)18-16(19)11-22-10-13-6-2-3-8-15(13)17(20)21/h2-9H,10-11H2,1H3,(H,18,19)(H,20,21). The summed E-state index contributed by atoms with van der Waals surface area (Å²) in [6.45, 7) is 1.97. The van der Waals surface area contributed by atoms with E-state index in [2.05, 4.69) is 5.32 Å². The molecule has 5 heteroatoms. The van der Waals surface area contributed by atoms with E-state index >= 15 is 0 Å². The molecule has 0 heterocycles. The van der Waals surface area contributed by atoms with Crippen LogP contribution in [0.1, 0.15) is 21.5 Å². The molecular formula is C17H17NO3S. The van der Waals surface area contributed by atoms with Crippen LogP contribution in [-0.2, 0) is 10.5 Å². The number of nitrogens with one attached hydrogen (secondary N) is 1. The van der Waals surface area contributed by atoms with E-state index < -0.39 is 5.97 Å². The lowest BCUT2D eigenvalue weighted by atomic mass is 10.1. The van der Waals surface area contributed by atoms with E-state index in [0.29, 0.717) is 5.75 Å². The van der Waals surface area contributed by atoms with Crippen LogP contribution in [0.4, 0.5) is 5.69 Å². The van der Waals surface area contributed by atoms with Gasteiger partial charge < -0.3 is 10.4 Å². The number of benzene rings is 2. The normalized spacial score (nSPS) is 10.2. The van der Waals surface area contributed by atoms with Crippen molar-refractivity contribution in [2.75, 3.05) is 11.1 Å². The molecule has 2 rings (SSSR count). The number of carboxylic acids is 1. The Morgan fingerprint density at radius 2 is 1.91 bits per heavy atom. The summed E-state index contributed by atoms with van der Waals surface area (Å²) in [5, 5.41) is 11.9. The van der Waals surface area contributed by atoms with Crippen molar-refractivity contribution in [3.63, 3.8) is 0 Å². The van der Waals surface area contributed by atoms with E-state index in [4.69, 9.17) is 5.11 Å². The third-order valence-corrected chi connectivity index (χ3v) is 4.02. The highest BCUT2D eigenvalue weighted by Crippen LogP contribution is 2.17. The second-order valence-electron chi connectivity index (χ2n) is 4.87.